The number of nitrogens with zero attached hydrogens (tertiary/aromatic N) is 2. The quantitative estimate of drug-likeness (QED) is 0.535. The molecule has 116 valence electrons. The summed E-state index contributed by atoms with van der Waals surface area (Å²) in [6.45, 7) is 6.34. The average Bonchev–Trinajstić information content (AvgIpc) is 2.47. The fourth-order valence-electron chi connectivity index (χ4n) is 2.34. The van der Waals surface area contributed by atoms with E-state index < -0.39 is 0 Å². The van der Waals surface area contributed by atoms with Gasteiger partial charge in [-0.1, -0.05) is 15.9 Å². The molecule has 1 heterocycles. The summed E-state index contributed by atoms with van der Waals surface area (Å²) in [6.07, 6.45) is 1.00. The highest BCUT2D eigenvalue weighted by molar-refractivity contribution is 14.1. The van der Waals surface area contributed by atoms with Gasteiger partial charge < -0.3 is 15.1 Å². The Balaban J connectivity index is 1.71. The van der Waals surface area contributed by atoms with Crippen molar-refractivity contribution < 1.29 is 4.79 Å². The van der Waals surface area contributed by atoms with E-state index in [1.165, 1.54) is 0 Å². The first-order valence-electron chi connectivity index (χ1n) is 7.20. The second-order valence-corrected chi connectivity index (χ2v) is 7.46. The molecule has 1 N–H and O–H groups in total. The van der Waals surface area contributed by atoms with E-state index in [1.807, 2.05) is 18.2 Å². The van der Waals surface area contributed by atoms with Gasteiger partial charge in [0.1, 0.15) is 0 Å². The minimum atomic E-state index is 0.0130. The van der Waals surface area contributed by atoms with Crippen molar-refractivity contribution in [2.45, 2.75) is 6.42 Å². The Bertz CT molecular complexity index is 490. The Hall–Kier alpha value is -0.180. The maximum Gasteiger partial charge on any atom is 0.252 e. The molecule has 21 heavy (non-hydrogen) atoms. The van der Waals surface area contributed by atoms with Gasteiger partial charge in [0, 0.05) is 40.8 Å². The molecule has 1 aliphatic heterocycles. The fourth-order valence-corrected chi connectivity index (χ4v) is 3.28. The molecule has 0 aromatic heterocycles. The maximum atomic E-state index is 12.2. The number of hydrogen-bond acceptors (Lipinski definition) is 3. The van der Waals surface area contributed by atoms with Gasteiger partial charge in [-0.2, -0.15) is 0 Å². The summed E-state index contributed by atoms with van der Waals surface area (Å²) in [7, 11) is 2.16. The first kappa shape index (κ1) is 17.2. The van der Waals surface area contributed by atoms with E-state index >= 15 is 0 Å². The van der Waals surface area contributed by atoms with Gasteiger partial charge in [0.15, 0.2) is 0 Å². The second-order valence-electron chi connectivity index (χ2n) is 5.38. The van der Waals surface area contributed by atoms with Gasteiger partial charge in [0.05, 0.1) is 5.56 Å². The van der Waals surface area contributed by atoms with E-state index in [4.69, 9.17) is 0 Å². The highest BCUT2D eigenvalue weighted by Crippen LogP contribution is 2.18. The van der Waals surface area contributed by atoms with Gasteiger partial charge >= 0.3 is 0 Å². The van der Waals surface area contributed by atoms with Crippen LogP contribution in [0.3, 0.4) is 0 Å². The Morgan fingerprint density at radius 3 is 2.76 bits per heavy atom. The highest BCUT2D eigenvalue weighted by atomic mass is 127. The van der Waals surface area contributed by atoms with Crippen LogP contribution in [0.4, 0.5) is 0 Å². The maximum absolute atomic E-state index is 12.2. The molecule has 4 nitrogen and oxygen atoms in total. The van der Waals surface area contributed by atoms with Crippen LogP contribution in [-0.4, -0.2) is 62.0 Å². The van der Waals surface area contributed by atoms with Crippen molar-refractivity contribution >= 4 is 44.4 Å². The number of rotatable bonds is 5. The summed E-state index contributed by atoms with van der Waals surface area (Å²) >= 11 is 5.61. The highest BCUT2D eigenvalue weighted by Gasteiger charge is 2.13. The number of amides is 1. The molecule has 1 aromatic rings. The van der Waals surface area contributed by atoms with Gasteiger partial charge in [0.25, 0.3) is 5.91 Å². The van der Waals surface area contributed by atoms with Crippen LogP contribution in [0.15, 0.2) is 22.7 Å². The number of nitrogens with one attached hydrogen (secondary N) is 1. The number of carbonyl (C=O) groups excluding carboxylic acids is 1. The number of halogens is 2. The van der Waals surface area contributed by atoms with Gasteiger partial charge in [-0.15, -0.1) is 0 Å². The Kier molecular flexibility index (Phi) is 6.91. The van der Waals surface area contributed by atoms with Crippen LogP contribution in [-0.2, 0) is 0 Å². The van der Waals surface area contributed by atoms with Crippen LogP contribution >= 0.6 is 38.5 Å². The van der Waals surface area contributed by atoms with Crippen molar-refractivity contribution in [3.63, 3.8) is 0 Å². The minimum Gasteiger partial charge on any atom is -0.352 e. The summed E-state index contributed by atoms with van der Waals surface area (Å²) in [6, 6.07) is 5.77. The normalized spacial score (nSPS) is 16.9. The molecule has 0 spiro atoms. The Labute approximate surface area is 148 Å². The van der Waals surface area contributed by atoms with Crippen LogP contribution < -0.4 is 5.32 Å². The molecule has 0 bridgehead atoms. The predicted molar refractivity (Wildman–Crippen MR) is 97.7 cm³/mol. The first-order chi connectivity index (χ1) is 10.1. The lowest BCUT2D eigenvalue weighted by Gasteiger charge is -2.32. The largest absolute Gasteiger partial charge is 0.352 e. The number of hydrogen-bond donors (Lipinski definition) is 1. The second kappa shape index (κ2) is 8.45. The summed E-state index contributed by atoms with van der Waals surface area (Å²) < 4.78 is 1.91. The average molecular weight is 466 g/mol. The Morgan fingerprint density at radius 1 is 1.33 bits per heavy atom. The van der Waals surface area contributed by atoms with Gasteiger partial charge in [-0.3, -0.25) is 4.79 Å². The zero-order chi connectivity index (χ0) is 15.2. The molecule has 1 aliphatic rings. The molecule has 0 aliphatic carbocycles. The van der Waals surface area contributed by atoms with E-state index in [0.717, 1.165) is 59.3 Å². The number of likely N-dealkylation sites (N-methyl/N-ethyl adjacent to an activating group) is 1. The van der Waals surface area contributed by atoms with Gasteiger partial charge in [-0.05, 0) is 60.8 Å². The van der Waals surface area contributed by atoms with E-state index in [1.54, 1.807) is 0 Å². The van der Waals surface area contributed by atoms with Crippen LogP contribution in [0.1, 0.15) is 16.8 Å². The lowest BCUT2D eigenvalue weighted by Crippen LogP contribution is -2.45. The molecule has 0 atom stereocenters. The monoisotopic (exact) mass is 465 g/mol. The predicted octanol–water partition coefficient (Wildman–Crippen LogP) is 2.42. The Morgan fingerprint density at radius 2 is 2.05 bits per heavy atom. The van der Waals surface area contributed by atoms with E-state index in [0.29, 0.717) is 0 Å². The summed E-state index contributed by atoms with van der Waals surface area (Å²) in [5.74, 6) is 0.0130. The van der Waals surface area contributed by atoms with Crippen LogP contribution in [0.25, 0.3) is 0 Å². The number of carbonyl (C=O) groups is 1. The van der Waals surface area contributed by atoms with E-state index in [9.17, 15) is 4.79 Å². The van der Waals surface area contributed by atoms with Crippen LogP contribution in [0.5, 0.6) is 0 Å². The van der Waals surface area contributed by atoms with Crippen molar-refractivity contribution in [3.05, 3.63) is 31.8 Å². The van der Waals surface area contributed by atoms with Crippen molar-refractivity contribution in [1.29, 1.82) is 0 Å². The summed E-state index contributed by atoms with van der Waals surface area (Å²) in [5.41, 5.74) is 0.740. The van der Waals surface area contributed by atoms with E-state index in [-0.39, 0.29) is 5.91 Å². The molecule has 1 amide bonds. The molecule has 1 fully saturated rings. The number of benzene rings is 1. The SMILES string of the molecule is CN1CCN(CCCNC(=O)c2cc(Br)ccc2I)CC1. The third kappa shape index (κ3) is 5.50. The summed E-state index contributed by atoms with van der Waals surface area (Å²) in [4.78, 5) is 17.0. The van der Waals surface area contributed by atoms with Crippen LogP contribution in [0, 0.1) is 3.57 Å². The molecule has 1 saturated heterocycles. The molecule has 0 saturated carbocycles. The molecule has 2 rings (SSSR count). The summed E-state index contributed by atoms with van der Waals surface area (Å²) in [5, 5.41) is 3.01. The third-order valence-electron chi connectivity index (χ3n) is 3.71. The fraction of sp³-hybridized carbons (Fsp3) is 0.533. The zero-order valence-corrected chi connectivity index (χ0v) is 16.0. The first-order valence-corrected chi connectivity index (χ1v) is 9.07. The molecular weight excluding hydrogens is 445 g/mol. The molecule has 0 radical (unpaired) electrons. The minimum absolute atomic E-state index is 0.0130. The smallest absolute Gasteiger partial charge is 0.252 e. The van der Waals surface area contributed by atoms with Crippen molar-refractivity contribution in [1.82, 2.24) is 15.1 Å². The van der Waals surface area contributed by atoms with Crippen molar-refractivity contribution in [3.8, 4) is 0 Å². The van der Waals surface area contributed by atoms with Gasteiger partial charge in [0.2, 0.25) is 0 Å². The van der Waals surface area contributed by atoms with Crippen molar-refractivity contribution in [2.24, 2.45) is 0 Å². The topological polar surface area (TPSA) is 35.6 Å². The zero-order valence-electron chi connectivity index (χ0n) is 12.2. The van der Waals surface area contributed by atoms with Crippen molar-refractivity contribution in [2.75, 3.05) is 46.3 Å². The van der Waals surface area contributed by atoms with Gasteiger partial charge in [-0.25, -0.2) is 0 Å². The third-order valence-corrected chi connectivity index (χ3v) is 5.14. The lowest BCUT2D eigenvalue weighted by atomic mass is 10.2. The molecule has 0 unspecified atom stereocenters. The lowest BCUT2D eigenvalue weighted by molar-refractivity contribution is 0.0948. The molecule has 1 aromatic carbocycles. The molecule has 6 heteroatoms. The van der Waals surface area contributed by atoms with E-state index in [2.05, 4.69) is 60.7 Å². The standard InChI is InChI=1S/C15H21BrIN3O/c1-19-7-9-20(10-8-19)6-2-5-18-15(21)13-11-12(16)3-4-14(13)17/h3-4,11H,2,5-10H2,1H3,(H,18,21). The van der Waals surface area contributed by atoms with Crippen LogP contribution in [0.2, 0.25) is 0 Å². The molecular formula is C15H21BrIN3O. The number of piperazine rings is 1.